The van der Waals surface area contributed by atoms with E-state index in [0.29, 0.717) is 78.2 Å². The molecule has 0 aliphatic carbocycles. The molecule has 0 bridgehead atoms. The van der Waals surface area contributed by atoms with Crippen LogP contribution in [0.25, 0.3) is 0 Å². The van der Waals surface area contributed by atoms with Gasteiger partial charge in [-0.1, -0.05) is 6.42 Å². The predicted octanol–water partition coefficient (Wildman–Crippen LogP) is 0.255. The van der Waals surface area contributed by atoms with Crippen LogP contribution in [0.4, 0.5) is 0 Å². The fraction of sp³-hybridized carbons (Fsp3) is 0.818. The van der Waals surface area contributed by atoms with E-state index in [4.69, 9.17) is 9.47 Å². The highest BCUT2D eigenvalue weighted by Crippen LogP contribution is 2.23. The van der Waals surface area contributed by atoms with Gasteiger partial charge >= 0.3 is 0 Å². The maximum absolute atomic E-state index is 12.0. The molecular weight excluding hydrogens is 448 g/mol. The molecule has 1 heterocycles. The minimum atomic E-state index is -0.235. The molecule has 1 aliphatic rings. The van der Waals surface area contributed by atoms with Crippen LogP contribution in [0.15, 0.2) is 0 Å². The number of nitrogens with zero attached hydrogens (tertiary/aromatic N) is 2. The summed E-state index contributed by atoms with van der Waals surface area (Å²) in [6.07, 6.45) is 5.11. The number of ether oxygens (including phenoxy) is 2. The van der Waals surface area contributed by atoms with Crippen molar-refractivity contribution in [3.63, 3.8) is 0 Å². The van der Waals surface area contributed by atoms with E-state index in [1.807, 2.05) is 13.3 Å². The Balaban J connectivity index is 1.91. The number of thioether (sulfide) groups is 1. The largest absolute Gasteiger partial charge is 0.379 e. The van der Waals surface area contributed by atoms with Crippen LogP contribution in [0.3, 0.4) is 0 Å². The summed E-state index contributed by atoms with van der Waals surface area (Å²) in [5.74, 6) is -0.164. The number of hydrogen-bond acceptors (Lipinski definition) is 8. The van der Waals surface area contributed by atoms with Crippen LogP contribution in [0.1, 0.15) is 38.5 Å². The van der Waals surface area contributed by atoms with E-state index < -0.39 is 0 Å². The first-order valence-electron chi connectivity index (χ1n) is 11.6. The van der Waals surface area contributed by atoms with Gasteiger partial charge in [-0.25, -0.2) is 0 Å². The number of rotatable bonds is 19. The third-order valence-electron chi connectivity index (χ3n) is 5.30. The molecule has 1 saturated heterocycles. The zero-order valence-corrected chi connectivity index (χ0v) is 21.0. The Morgan fingerprint density at radius 2 is 1.79 bits per heavy atom. The molecule has 0 aromatic rings. The van der Waals surface area contributed by atoms with Crippen LogP contribution in [-0.4, -0.2) is 112 Å². The molecule has 1 atom stereocenters. The van der Waals surface area contributed by atoms with Gasteiger partial charge in [-0.2, -0.15) is 11.8 Å². The lowest BCUT2D eigenvalue weighted by Crippen LogP contribution is -2.33. The molecule has 1 aliphatic heterocycles. The standard InChI is InChI=1S/C22H40N4O6S/c1-23-9-12-25(2)20(28)8-13-31-15-16-32-14-10-24-19(27)7-5-4-6-11-26-21(29)17-18(33-3)22(26)30/h18,23H,4-17H2,1-3H3,(H,24,27). The van der Waals surface area contributed by atoms with Crippen molar-refractivity contribution in [2.45, 2.75) is 43.8 Å². The molecule has 1 unspecified atom stereocenters. The minimum Gasteiger partial charge on any atom is -0.379 e. The zero-order valence-electron chi connectivity index (χ0n) is 20.2. The SMILES string of the molecule is CNCCN(C)C(=O)CCOCCOCCNC(=O)CCCCCN1C(=O)CC(SC)C1=O. The van der Waals surface area contributed by atoms with Crippen molar-refractivity contribution in [2.24, 2.45) is 0 Å². The quantitative estimate of drug-likeness (QED) is 0.196. The second kappa shape index (κ2) is 17.7. The Morgan fingerprint density at radius 1 is 1.06 bits per heavy atom. The topological polar surface area (TPSA) is 117 Å². The van der Waals surface area contributed by atoms with Gasteiger partial charge in [0.2, 0.25) is 23.6 Å². The first-order valence-corrected chi connectivity index (χ1v) is 12.9. The summed E-state index contributed by atoms with van der Waals surface area (Å²) >= 11 is 1.42. The van der Waals surface area contributed by atoms with Crippen LogP contribution in [-0.2, 0) is 28.7 Å². The number of likely N-dealkylation sites (tertiary alicyclic amines) is 1. The average Bonchev–Trinajstić information content (AvgIpc) is 3.08. The van der Waals surface area contributed by atoms with Crippen molar-refractivity contribution >= 4 is 35.4 Å². The van der Waals surface area contributed by atoms with E-state index in [1.165, 1.54) is 16.7 Å². The molecule has 2 N–H and O–H groups in total. The normalized spacial score (nSPS) is 15.8. The van der Waals surface area contributed by atoms with Gasteiger partial charge < -0.3 is 25.0 Å². The highest BCUT2D eigenvalue weighted by Gasteiger charge is 2.37. The van der Waals surface area contributed by atoms with Gasteiger partial charge in [0.25, 0.3) is 0 Å². The molecule has 190 valence electrons. The summed E-state index contributed by atoms with van der Waals surface area (Å²) < 4.78 is 10.8. The highest BCUT2D eigenvalue weighted by molar-refractivity contribution is 8.00. The minimum absolute atomic E-state index is 0.0356. The van der Waals surface area contributed by atoms with Crippen molar-refractivity contribution < 1.29 is 28.7 Å². The molecule has 1 fully saturated rings. The van der Waals surface area contributed by atoms with Crippen molar-refractivity contribution in [3.8, 4) is 0 Å². The number of carbonyl (C=O) groups is 4. The lowest BCUT2D eigenvalue weighted by Gasteiger charge is -2.16. The van der Waals surface area contributed by atoms with Gasteiger partial charge in [0, 0.05) is 46.1 Å². The predicted molar refractivity (Wildman–Crippen MR) is 128 cm³/mol. The number of likely N-dealkylation sites (N-methyl/N-ethyl adjacent to an activating group) is 2. The Bertz CT molecular complexity index is 622. The Kier molecular flexibility index (Phi) is 15.8. The Hall–Kier alpha value is -1.69. The summed E-state index contributed by atoms with van der Waals surface area (Å²) in [6.45, 7) is 3.87. The third kappa shape index (κ3) is 12.4. The summed E-state index contributed by atoms with van der Waals surface area (Å²) in [5.41, 5.74) is 0. The Labute approximate surface area is 201 Å². The van der Waals surface area contributed by atoms with Gasteiger partial charge in [0.1, 0.15) is 0 Å². The van der Waals surface area contributed by atoms with Crippen molar-refractivity contribution in [1.82, 2.24) is 20.4 Å². The molecule has 0 aromatic carbocycles. The van der Waals surface area contributed by atoms with Crippen LogP contribution >= 0.6 is 11.8 Å². The van der Waals surface area contributed by atoms with Gasteiger partial charge in [-0.15, -0.1) is 0 Å². The maximum atomic E-state index is 12.0. The van der Waals surface area contributed by atoms with Crippen molar-refractivity contribution in [3.05, 3.63) is 0 Å². The summed E-state index contributed by atoms with van der Waals surface area (Å²) in [6, 6.07) is 0. The van der Waals surface area contributed by atoms with E-state index in [2.05, 4.69) is 10.6 Å². The number of imide groups is 1. The van der Waals surface area contributed by atoms with Crippen LogP contribution in [0.2, 0.25) is 0 Å². The summed E-state index contributed by atoms with van der Waals surface area (Å²) in [7, 11) is 3.62. The monoisotopic (exact) mass is 488 g/mol. The molecule has 4 amide bonds. The van der Waals surface area contributed by atoms with Gasteiger partial charge in [0.05, 0.1) is 38.1 Å². The fourth-order valence-electron chi connectivity index (χ4n) is 3.23. The fourth-order valence-corrected chi connectivity index (χ4v) is 3.87. The number of amides is 4. The molecule has 0 radical (unpaired) electrons. The van der Waals surface area contributed by atoms with Crippen molar-refractivity contribution in [1.29, 1.82) is 0 Å². The molecular formula is C22H40N4O6S. The Morgan fingerprint density at radius 3 is 2.45 bits per heavy atom. The number of nitrogens with one attached hydrogen (secondary N) is 2. The van der Waals surface area contributed by atoms with Crippen molar-refractivity contribution in [2.75, 3.05) is 73.0 Å². The number of unbranched alkanes of at least 4 members (excludes halogenated alkanes) is 2. The van der Waals surface area contributed by atoms with E-state index in [9.17, 15) is 19.2 Å². The smallest absolute Gasteiger partial charge is 0.242 e. The van der Waals surface area contributed by atoms with Crippen LogP contribution in [0, 0.1) is 0 Å². The lowest BCUT2D eigenvalue weighted by atomic mass is 10.2. The molecule has 0 spiro atoms. The van der Waals surface area contributed by atoms with E-state index in [0.717, 1.165) is 13.0 Å². The molecule has 11 heteroatoms. The molecule has 10 nitrogen and oxygen atoms in total. The molecule has 0 saturated carbocycles. The van der Waals surface area contributed by atoms with Crippen LogP contribution < -0.4 is 10.6 Å². The van der Waals surface area contributed by atoms with E-state index in [-0.39, 0.29) is 28.9 Å². The zero-order chi connectivity index (χ0) is 24.5. The second-order valence-electron chi connectivity index (χ2n) is 7.87. The highest BCUT2D eigenvalue weighted by atomic mass is 32.2. The molecule has 33 heavy (non-hydrogen) atoms. The number of carbonyl (C=O) groups excluding carboxylic acids is 4. The average molecular weight is 489 g/mol. The van der Waals surface area contributed by atoms with E-state index in [1.54, 1.807) is 11.9 Å². The first kappa shape index (κ1) is 29.3. The molecule has 1 rings (SSSR count). The van der Waals surface area contributed by atoms with Gasteiger partial charge in [-0.05, 0) is 26.1 Å². The summed E-state index contributed by atoms with van der Waals surface area (Å²) in [4.78, 5) is 50.6. The summed E-state index contributed by atoms with van der Waals surface area (Å²) in [5, 5.41) is 5.57. The second-order valence-corrected chi connectivity index (χ2v) is 8.91. The van der Waals surface area contributed by atoms with Gasteiger partial charge in [-0.3, -0.25) is 24.1 Å². The van der Waals surface area contributed by atoms with Crippen LogP contribution in [0.5, 0.6) is 0 Å². The number of hydrogen-bond donors (Lipinski definition) is 2. The lowest BCUT2D eigenvalue weighted by molar-refractivity contribution is -0.138. The first-order chi connectivity index (χ1) is 15.9. The van der Waals surface area contributed by atoms with E-state index >= 15 is 0 Å². The third-order valence-corrected chi connectivity index (χ3v) is 6.23. The van der Waals surface area contributed by atoms with Gasteiger partial charge in [0.15, 0.2) is 0 Å². The molecule has 0 aromatic heterocycles. The maximum Gasteiger partial charge on any atom is 0.242 e.